The largest absolute Gasteiger partial charge is 0.416 e. The topological polar surface area (TPSA) is 46.2 Å². The van der Waals surface area contributed by atoms with E-state index in [-0.39, 0.29) is 6.54 Å². The van der Waals surface area contributed by atoms with Crippen molar-refractivity contribution in [2.45, 2.75) is 23.9 Å². The lowest BCUT2D eigenvalue weighted by atomic mass is 10.2. The predicted octanol–water partition coefficient (Wildman–Crippen LogP) is 3.00. The quantitative estimate of drug-likeness (QED) is 0.648. The number of benzene rings is 1. The van der Waals surface area contributed by atoms with Crippen molar-refractivity contribution in [2.24, 2.45) is 0 Å². The van der Waals surface area contributed by atoms with E-state index in [1.165, 1.54) is 0 Å². The van der Waals surface area contributed by atoms with Gasteiger partial charge in [0.1, 0.15) is 0 Å². The molecule has 1 rings (SSSR count). The number of alkyl halides is 4. The van der Waals surface area contributed by atoms with Gasteiger partial charge >= 0.3 is 6.18 Å². The van der Waals surface area contributed by atoms with Gasteiger partial charge in [-0.2, -0.15) is 13.2 Å². The van der Waals surface area contributed by atoms with Crippen LogP contribution in [0, 0.1) is 0 Å². The van der Waals surface area contributed by atoms with Crippen LogP contribution in [-0.4, -0.2) is 20.8 Å². The molecule has 8 heteroatoms. The molecule has 0 saturated carbocycles. The normalized spacial score (nSPS) is 12.6. The lowest BCUT2D eigenvalue weighted by molar-refractivity contribution is -0.137. The Balaban J connectivity index is 2.84. The molecule has 3 nitrogen and oxygen atoms in total. The van der Waals surface area contributed by atoms with E-state index in [9.17, 15) is 21.6 Å². The van der Waals surface area contributed by atoms with Gasteiger partial charge in [-0.05, 0) is 31.0 Å². The molecule has 0 aliphatic carbocycles. The van der Waals surface area contributed by atoms with Gasteiger partial charge < -0.3 is 0 Å². The fraction of sp³-hybridized carbons (Fsp3) is 0.455. The number of sulfonamides is 1. The van der Waals surface area contributed by atoms with Crippen molar-refractivity contribution in [3.8, 4) is 0 Å². The highest BCUT2D eigenvalue weighted by molar-refractivity contribution is 7.89. The molecule has 108 valence electrons. The van der Waals surface area contributed by atoms with Crippen molar-refractivity contribution in [1.82, 2.24) is 4.72 Å². The van der Waals surface area contributed by atoms with E-state index in [0.29, 0.717) is 24.8 Å². The third-order valence-corrected chi connectivity index (χ3v) is 4.05. The van der Waals surface area contributed by atoms with Crippen LogP contribution in [0.4, 0.5) is 13.2 Å². The highest BCUT2D eigenvalue weighted by atomic mass is 35.5. The van der Waals surface area contributed by atoms with Crippen LogP contribution in [0.3, 0.4) is 0 Å². The molecule has 0 aliphatic rings. The Labute approximate surface area is 114 Å². The van der Waals surface area contributed by atoms with Crippen LogP contribution in [0.15, 0.2) is 29.2 Å². The highest BCUT2D eigenvalue weighted by Gasteiger charge is 2.31. The Kier molecular flexibility index (Phi) is 5.64. The van der Waals surface area contributed by atoms with Gasteiger partial charge in [-0.3, -0.25) is 0 Å². The molecular formula is C11H13ClF3NO2S. The Morgan fingerprint density at radius 2 is 1.89 bits per heavy atom. The molecule has 0 unspecified atom stereocenters. The Hall–Kier alpha value is -0.790. The van der Waals surface area contributed by atoms with Gasteiger partial charge in [-0.1, -0.05) is 6.07 Å². The summed E-state index contributed by atoms with van der Waals surface area (Å²) in [7, 11) is -3.92. The van der Waals surface area contributed by atoms with Gasteiger partial charge in [0.25, 0.3) is 0 Å². The molecule has 1 aromatic carbocycles. The second-order valence-electron chi connectivity index (χ2n) is 3.82. The number of hydrogen-bond acceptors (Lipinski definition) is 2. The summed E-state index contributed by atoms with van der Waals surface area (Å²) < 4.78 is 63.2. The minimum atomic E-state index is -4.57. The first-order chi connectivity index (χ1) is 8.77. The van der Waals surface area contributed by atoms with Crippen LogP contribution in [0.2, 0.25) is 0 Å². The molecule has 0 bridgehead atoms. The number of nitrogens with one attached hydrogen (secondary N) is 1. The molecule has 0 spiro atoms. The summed E-state index contributed by atoms with van der Waals surface area (Å²) in [6, 6.07) is 3.63. The van der Waals surface area contributed by atoms with Crippen molar-refractivity contribution < 1.29 is 21.6 Å². The first kappa shape index (κ1) is 16.3. The van der Waals surface area contributed by atoms with Crippen molar-refractivity contribution in [2.75, 3.05) is 12.4 Å². The van der Waals surface area contributed by atoms with E-state index >= 15 is 0 Å². The first-order valence-corrected chi connectivity index (χ1v) is 7.52. The maximum atomic E-state index is 12.5. The molecule has 1 N–H and O–H groups in total. The minimum Gasteiger partial charge on any atom is -0.211 e. The molecule has 0 aromatic heterocycles. The second kappa shape index (κ2) is 6.58. The average Bonchev–Trinajstić information content (AvgIpc) is 2.34. The molecule has 0 saturated heterocycles. The van der Waals surface area contributed by atoms with Crippen LogP contribution in [0.5, 0.6) is 0 Å². The third kappa shape index (κ3) is 5.00. The van der Waals surface area contributed by atoms with Crippen LogP contribution in [0.1, 0.15) is 18.4 Å². The molecule has 0 aliphatic heterocycles. The summed E-state index contributed by atoms with van der Waals surface area (Å²) in [6.07, 6.45) is -3.40. The van der Waals surface area contributed by atoms with Crippen molar-refractivity contribution in [1.29, 1.82) is 0 Å². The molecule has 1 aromatic rings. The molecule has 0 amide bonds. The zero-order valence-corrected chi connectivity index (χ0v) is 11.4. The number of hydrogen-bond donors (Lipinski definition) is 1. The number of rotatable bonds is 6. The first-order valence-electron chi connectivity index (χ1n) is 5.50. The number of unbranched alkanes of at least 4 members (excludes halogenated alkanes) is 1. The fourth-order valence-corrected chi connectivity index (χ4v) is 2.66. The maximum absolute atomic E-state index is 12.5. The van der Waals surface area contributed by atoms with Crippen molar-refractivity contribution in [3.63, 3.8) is 0 Å². The van der Waals surface area contributed by atoms with E-state index in [1.807, 2.05) is 0 Å². The van der Waals surface area contributed by atoms with Crippen molar-refractivity contribution in [3.05, 3.63) is 29.8 Å². The molecule has 0 atom stereocenters. The summed E-state index contributed by atoms with van der Waals surface area (Å²) in [5.74, 6) is 0.408. The van der Waals surface area contributed by atoms with Crippen LogP contribution in [-0.2, 0) is 16.2 Å². The lowest BCUT2D eigenvalue weighted by Gasteiger charge is -2.10. The lowest BCUT2D eigenvalue weighted by Crippen LogP contribution is -2.25. The molecular weight excluding hydrogens is 303 g/mol. The van der Waals surface area contributed by atoms with Crippen LogP contribution < -0.4 is 4.72 Å². The monoisotopic (exact) mass is 315 g/mol. The molecule has 19 heavy (non-hydrogen) atoms. The Bertz CT molecular complexity index is 517. The Morgan fingerprint density at radius 1 is 1.21 bits per heavy atom. The van der Waals surface area contributed by atoms with Gasteiger partial charge in [-0.15, -0.1) is 11.6 Å². The highest BCUT2D eigenvalue weighted by Crippen LogP contribution is 2.30. The van der Waals surface area contributed by atoms with Gasteiger partial charge in [0.15, 0.2) is 0 Å². The van der Waals surface area contributed by atoms with E-state index in [2.05, 4.69) is 4.72 Å². The van der Waals surface area contributed by atoms with Crippen LogP contribution in [0.25, 0.3) is 0 Å². The van der Waals surface area contributed by atoms with Gasteiger partial charge in [0.05, 0.1) is 10.5 Å². The second-order valence-corrected chi connectivity index (χ2v) is 5.96. The summed E-state index contributed by atoms with van der Waals surface area (Å²) >= 11 is 5.44. The minimum absolute atomic E-state index is 0.144. The third-order valence-electron chi connectivity index (χ3n) is 2.32. The number of halogens is 4. The van der Waals surface area contributed by atoms with Gasteiger partial charge in [-0.25, -0.2) is 13.1 Å². The van der Waals surface area contributed by atoms with Gasteiger partial charge in [0.2, 0.25) is 10.0 Å². The SMILES string of the molecule is O=S(=O)(NCCCCCl)c1cccc(C(F)(F)F)c1. The van der Waals surface area contributed by atoms with E-state index in [4.69, 9.17) is 11.6 Å². The zero-order valence-electron chi connectivity index (χ0n) is 9.87. The summed E-state index contributed by atoms with van der Waals surface area (Å²) in [5, 5.41) is 0. The van der Waals surface area contributed by atoms with Gasteiger partial charge in [0, 0.05) is 12.4 Å². The predicted molar refractivity (Wildman–Crippen MR) is 66.6 cm³/mol. The average molecular weight is 316 g/mol. The van der Waals surface area contributed by atoms with Crippen molar-refractivity contribution >= 4 is 21.6 Å². The summed E-state index contributed by atoms with van der Waals surface area (Å²) in [5.41, 5.74) is -0.990. The Morgan fingerprint density at radius 3 is 2.47 bits per heavy atom. The summed E-state index contributed by atoms with van der Waals surface area (Å²) in [4.78, 5) is -0.395. The zero-order chi connectivity index (χ0) is 14.5. The molecule has 0 fully saturated rings. The smallest absolute Gasteiger partial charge is 0.211 e. The van der Waals surface area contributed by atoms with E-state index in [0.717, 1.165) is 18.2 Å². The maximum Gasteiger partial charge on any atom is 0.416 e. The van der Waals surface area contributed by atoms with E-state index < -0.39 is 26.7 Å². The summed E-state index contributed by atoms with van der Waals surface area (Å²) in [6.45, 7) is 0.144. The van der Waals surface area contributed by atoms with Crippen LogP contribution >= 0.6 is 11.6 Å². The molecule has 0 radical (unpaired) electrons. The fourth-order valence-electron chi connectivity index (χ4n) is 1.35. The standard InChI is InChI=1S/C11H13ClF3NO2S/c12-6-1-2-7-16-19(17,18)10-5-3-4-9(8-10)11(13,14)15/h3-5,8,16H,1-2,6-7H2. The molecule has 0 heterocycles. The van der Waals surface area contributed by atoms with E-state index in [1.54, 1.807) is 0 Å².